The van der Waals surface area contributed by atoms with E-state index in [9.17, 15) is 4.79 Å². The maximum absolute atomic E-state index is 12.0. The normalized spacial score (nSPS) is 12.2. The molecule has 0 fully saturated rings. The summed E-state index contributed by atoms with van der Waals surface area (Å²) >= 11 is 0. The van der Waals surface area contributed by atoms with Gasteiger partial charge in [0.15, 0.2) is 0 Å². The first-order chi connectivity index (χ1) is 9.52. The first-order valence-corrected chi connectivity index (χ1v) is 7.09. The van der Waals surface area contributed by atoms with Gasteiger partial charge in [0.25, 0.3) is 5.91 Å². The SMILES string of the molecule is CCC(C)NC(=O)c1ccc(-n2c(C)ccc2C)cc1. The van der Waals surface area contributed by atoms with Crippen LogP contribution in [0.5, 0.6) is 0 Å². The summed E-state index contributed by atoms with van der Waals surface area (Å²) in [7, 11) is 0. The van der Waals surface area contributed by atoms with Crippen molar-refractivity contribution < 1.29 is 4.79 Å². The molecule has 3 nitrogen and oxygen atoms in total. The summed E-state index contributed by atoms with van der Waals surface area (Å²) in [5.74, 6) is -0.00755. The van der Waals surface area contributed by atoms with Gasteiger partial charge in [-0.2, -0.15) is 0 Å². The summed E-state index contributed by atoms with van der Waals surface area (Å²) in [6.45, 7) is 8.23. The highest BCUT2D eigenvalue weighted by Gasteiger charge is 2.09. The van der Waals surface area contributed by atoms with Gasteiger partial charge in [0, 0.05) is 28.7 Å². The molecule has 1 unspecified atom stereocenters. The van der Waals surface area contributed by atoms with Gasteiger partial charge in [-0.25, -0.2) is 0 Å². The Morgan fingerprint density at radius 3 is 2.15 bits per heavy atom. The number of hydrogen-bond donors (Lipinski definition) is 1. The Kier molecular flexibility index (Phi) is 4.28. The lowest BCUT2D eigenvalue weighted by atomic mass is 10.1. The van der Waals surface area contributed by atoms with Crippen molar-refractivity contribution in [2.45, 2.75) is 40.2 Å². The third kappa shape index (κ3) is 2.93. The molecule has 0 bridgehead atoms. The summed E-state index contributed by atoms with van der Waals surface area (Å²) in [6.07, 6.45) is 0.936. The minimum absolute atomic E-state index is 0.00755. The Hall–Kier alpha value is -2.03. The van der Waals surface area contributed by atoms with Crippen LogP contribution in [0.15, 0.2) is 36.4 Å². The number of amides is 1. The van der Waals surface area contributed by atoms with E-state index in [0.717, 1.165) is 12.1 Å². The predicted molar refractivity (Wildman–Crippen MR) is 82.5 cm³/mol. The first-order valence-electron chi connectivity index (χ1n) is 7.09. The van der Waals surface area contributed by atoms with Crippen LogP contribution in [0.1, 0.15) is 42.0 Å². The molecule has 3 heteroatoms. The van der Waals surface area contributed by atoms with E-state index in [0.29, 0.717) is 5.56 Å². The number of aryl methyl sites for hydroxylation is 2. The number of hydrogen-bond acceptors (Lipinski definition) is 1. The van der Waals surface area contributed by atoms with Crippen LogP contribution in [0.3, 0.4) is 0 Å². The van der Waals surface area contributed by atoms with Gasteiger partial charge in [-0.3, -0.25) is 4.79 Å². The van der Waals surface area contributed by atoms with Crippen molar-refractivity contribution in [2.75, 3.05) is 0 Å². The zero-order valence-corrected chi connectivity index (χ0v) is 12.6. The lowest BCUT2D eigenvalue weighted by Crippen LogP contribution is -2.31. The summed E-state index contributed by atoms with van der Waals surface area (Å²) in [5, 5.41) is 2.98. The molecule has 2 aromatic rings. The van der Waals surface area contributed by atoms with Crippen molar-refractivity contribution >= 4 is 5.91 Å². The Morgan fingerprint density at radius 2 is 1.65 bits per heavy atom. The molecular formula is C17H22N2O. The Balaban J connectivity index is 2.21. The van der Waals surface area contributed by atoms with Gasteiger partial charge in [-0.05, 0) is 63.6 Å². The summed E-state index contributed by atoms with van der Waals surface area (Å²) in [5.41, 5.74) is 4.18. The van der Waals surface area contributed by atoms with E-state index < -0.39 is 0 Å². The van der Waals surface area contributed by atoms with Crippen LogP contribution in [0.2, 0.25) is 0 Å². The lowest BCUT2D eigenvalue weighted by molar-refractivity contribution is 0.0939. The van der Waals surface area contributed by atoms with Crippen LogP contribution < -0.4 is 5.32 Å². The first kappa shape index (κ1) is 14.4. The fourth-order valence-corrected chi connectivity index (χ4v) is 2.25. The van der Waals surface area contributed by atoms with Crippen LogP contribution >= 0.6 is 0 Å². The molecule has 1 N–H and O–H groups in total. The largest absolute Gasteiger partial charge is 0.350 e. The molecule has 0 aliphatic carbocycles. The zero-order chi connectivity index (χ0) is 14.7. The molecular weight excluding hydrogens is 248 g/mol. The van der Waals surface area contributed by atoms with Gasteiger partial charge < -0.3 is 9.88 Å². The smallest absolute Gasteiger partial charge is 0.251 e. The summed E-state index contributed by atoms with van der Waals surface area (Å²) in [4.78, 5) is 12.0. The average molecular weight is 270 g/mol. The second kappa shape index (κ2) is 5.95. The van der Waals surface area contributed by atoms with Crippen LogP contribution in [0.25, 0.3) is 5.69 Å². The second-order valence-corrected chi connectivity index (χ2v) is 5.28. The maximum Gasteiger partial charge on any atom is 0.251 e. The molecule has 20 heavy (non-hydrogen) atoms. The van der Waals surface area contributed by atoms with E-state index in [2.05, 4.69) is 42.8 Å². The predicted octanol–water partition coefficient (Wildman–Crippen LogP) is 3.62. The highest BCUT2D eigenvalue weighted by Crippen LogP contribution is 2.16. The van der Waals surface area contributed by atoms with Gasteiger partial charge in [0.1, 0.15) is 0 Å². The number of aromatic nitrogens is 1. The van der Waals surface area contributed by atoms with E-state index >= 15 is 0 Å². The van der Waals surface area contributed by atoms with E-state index in [4.69, 9.17) is 0 Å². The monoisotopic (exact) mass is 270 g/mol. The van der Waals surface area contributed by atoms with Crippen molar-refractivity contribution in [1.29, 1.82) is 0 Å². The highest BCUT2D eigenvalue weighted by atomic mass is 16.1. The van der Waals surface area contributed by atoms with E-state index in [1.807, 2.05) is 31.2 Å². The lowest BCUT2D eigenvalue weighted by Gasteiger charge is -2.13. The number of rotatable bonds is 4. The molecule has 1 amide bonds. The third-order valence-electron chi connectivity index (χ3n) is 3.65. The quantitative estimate of drug-likeness (QED) is 0.904. The van der Waals surface area contributed by atoms with Gasteiger partial charge in [0.2, 0.25) is 0 Å². The fraction of sp³-hybridized carbons (Fsp3) is 0.353. The van der Waals surface area contributed by atoms with Gasteiger partial charge in [0.05, 0.1) is 0 Å². The summed E-state index contributed by atoms with van der Waals surface area (Å²) < 4.78 is 2.18. The van der Waals surface area contributed by atoms with Crippen LogP contribution in [-0.4, -0.2) is 16.5 Å². The van der Waals surface area contributed by atoms with Crippen LogP contribution in [0.4, 0.5) is 0 Å². The van der Waals surface area contributed by atoms with Crippen molar-refractivity contribution in [3.05, 3.63) is 53.3 Å². The molecule has 1 heterocycles. The van der Waals surface area contributed by atoms with Gasteiger partial charge in [-0.1, -0.05) is 6.92 Å². The minimum atomic E-state index is -0.00755. The molecule has 0 saturated carbocycles. The zero-order valence-electron chi connectivity index (χ0n) is 12.6. The van der Waals surface area contributed by atoms with Crippen LogP contribution in [-0.2, 0) is 0 Å². The minimum Gasteiger partial charge on any atom is -0.350 e. The molecule has 1 atom stereocenters. The van der Waals surface area contributed by atoms with Crippen molar-refractivity contribution in [3.8, 4) is 5.69 Å². The van der Waals surface area contributed by atoms with E-state index in [-0.39, 0.29) is 11.9 Å². The van der Waals surface area contributed by atoms with Crippen molar-refractivity contribution in [2.24, 2.45) is 0 Å². The average Bonchev–Trinajstić information content (AvgIpc) is 2.78. The van der Waals surface area contributed by atoms with Crippen molar-refractivity contribution in [3.63, 3.8) is 0 Å². The topological polar surface area (TPSA) is 34.0 Å². The summed E-state index contributed by atoms with van der Waals surface area (Å²) in [6, 6.07) is 12.1. The van der Waals surface area contributed by atoms with Gasteiger partial charge >= 0.3 is 0 Å². The Labute approximate surface area is 120 Å². The number of benzene rings is 1. The van der Waals surface area contributed by atoms with Crippen molar-refractivity contribution in [1.82, 2.24) is 9.88 Å². The number of carbonyl (C=O) groups is 1. The molecule has 2 rings (SSSR count). The number of nitrogens with zero attached hydrogens (tertiary/aromatic N) is 1. The van der Waals surface area contributed by atoms with Crippen LogP contribution in [0, 0.1) is 13.8 Å². The van der Waals surface area contributed by atoms with E-state index in [1.54, 1.807) is 0 Å². The number of carbonyl (C=O) groups excluding carboxylic acids is 1. The molecule has 0 saturated heterocycles. The highest BCUT2D eigenvalue weighted by molar-refractivity contribution is 5.94. The Bertz CT molecular complexity index is 576. The molecule has 0 aliphatic rings. The standard InChI is InChI=1S/C17H22N2O/c1-5-12(2)18-17(20)15-8-10-16(11-9-15)19-13(3)6-7-14(19)4/h6-12H,5H2,1-4H3,(H,18,20). The molecule has 0 spiro atoms. The molecule has 1 aromatic heterocycles. The molecule has 0 aliphatic heterocycles. The molecule has 1 aromatic carbocycles. The Morgan fingerprint density at radius 1 is 1.10 bits per heavy atom. The fourth-order valence-electron chi connectivity index (χ4n) is 2.25. The second-order valence-electron chi connectivity index (χ2n) is 5.28. The van der Waals surface area contributed by atoms with Gasteiger partial charge in [-0.15, -0.1) is 0 Å². The maximum atomic E-state index is 12.0. The third-order valence-corrected chi connectivity index (χ3v) is 3.65. The molecule has 106 valence electrons. The molecule has 0 radical (unpaired) electrons. The number of nitrogens with one attached hydrogen (secondary N) is 1. The van der Waals surface area contributed by atoms with E-state index in [1.165, 1.54) is 11.4 Å².